The minimum atomic E-state index is -0.856. The number of nitrogens with zero attached hydrogens (tertiary/aromatic N) is 9. The number of rotatable bonds is 20. The number of aliphatic carboxylic acids is 4. The molecule has 7 N–H and O–H groups in total. The smallest absolute Gasteiger partial charge is 0.850 e. The van der Waals surface area contributed by atoms with Crippen molar-refractivity contribution in [1.82, 2.24) is 49.4 Å². The number of likely N-dealkylation sites (N-methyl/N-ethyl adjacent to an activating group) is 1. The van der Waals surface area contributed by atoms with Gasteiger partial charge in [0.2, 0.25) is 5.97 Å². The Morgan fingerprint density at radius 3 is 1.37 bits per heavy atom. The third-order valence-electron chi connectivity index (χ3n) is 15.6. The molecule has 0 bridgehead atoms. The topological polar surface area (TPSA) is 475 Å². The van der Waals surface area contributed by atoms with E-state index in [4.69, 9.17) is 45.1 Å². The van der Waals surface area contributed by atoms with E-state index in [1.54, 1.807) is 66.0 Å². The van der Waals surface area contributed by atoms with E-state index in [1.807, 2.05) is 83.8 Å². The van der Waals surface area contributed by atoms with Crippen molar-refractivity contribution < 1.29 is 207 Å². The van der Waals surface area contributed by atoms with Gasteiger partial charge in [0.25, 0.3) is 0 Å². The van der Waals surface area contributed by atoms with E-state index in [9.17, 15) is 72.2 Å². The number of fused-ring (bicyclic) bond motifs is 2. The van der Waals surface area contributed by atoms with Crippen LogP contribution >= 0.6 is 25.9 Å². The van der Waals surface area contributed by atoms with Gasteiger partial charge in [0.1, 0.15) is 35.7 Å². The summed E-state index contributed by atoms with van der Waals surface area (Å²) in [5, 5.41) is 47.2. The number of piperidine rings is 1. The van der Waals surface area contributed by atoms with Crippen molar-refractivity contribution in [3.8, 4) is 0 Å². The van der Waals surface area contributed by atoms with Gasteiger partial charge in [0, 0.05) is 144 Å². The Kier molecular flexibility index (Phi) is 62.7. The number of aldehydes is 1. The Morgan fingerprint density at radius 1 is 0.565 bits per heavy atom. The molecule has 6 aliphatic rings. The Balaban J connectivity index is -0.000000422. The predicted molar refractivity (Wildman–Crippen MR) is 420 cm³/mol. The molecule has 42 heteroatoms. The zero-order valence-corrected chi connectivity index (χ0v) is 77.6. The van der Waals surface area contributed by atoms with Gasteiger partial charge in [-0.2, -0.15) is 13.5 Å². The van der Waals surface area contributed by atoms with E-state index >= 15 is 0 Å². The van der Waals surface area contributed by atoms with Gasteiger partial charge in [-0.3, -0.25) is 33.8 Å². The fourth-order valence-electron chi connectivity index (χ4n) is 10.6. The Labute approximate surface area is 755 Å². The number of carbonyl (C=O) groups is 14. The van der Waals surface area contributed by atoms with Crippen LogP contribution in [0.15, 0.2) is 30.3 Å². The maximum atomic E-state index is 12.3. The quantitative estimate of drug-likeness (QED) is 0.0249. The number of hydrogen-bond acceptors (Lipinski definition) is 25. The van der Waals surface area contributed by atoms with Crippen LogP contribution in [0, 0.1) is 0 Å². The summed E-state index contributed by atoms with van der Waals surface area (Å²) in [4.78, 5) is 178. The average molecular weight is 1710 g/mol. The summed E-state index contributed by atoms with van der Waals surface area (Å²) >= 11 is 0. The Bertz CT molecular complexity index is 3090. The third kappa shape index (κ3) is 57.7. The fourth-order valence-corrected chi connectivity index (χ4v) is 10.6. The number of carbonyl (C=O) groups excluding carboxylic acids is 10. The molecule has 0 spiro atoms. The molecule has 6 aliphatic heterocycles. The number of nitrogens with one attached hydrogen (secondary N) is 1. The Morgan fingerprint density at radius 2 is 0.965 bits per heavy atom. The van der Waals surface area contributed by atoms with Gasteiger partial charge >= 0.3 is 153 Å². The molecule has 37 nitrogen and oxygen atoms in total. The van der Waals surface area contributed by atoms with Gasteiger partial charge in [0.15, 0.2) is 0 Å². The molecule has 7 rings (SSSR count). The van der Waals surface area contributed by atoms with E-state index < -0.39 is 82.4 Å². The second-order valence-corrected chi connectivity index (χ2v) is 30.4. The van der Waals surface area contributed by atoms with Crippen LogP contribution in [0.2, 0.25) is 0 Å². The number of piperazine rings is 3. The van der Waals surface area contributed by atoms with Gasteiger partial charge in [-0.1, -0.05) is 51.1 Å². The number of carboxylic acid groups (broad SMARTS) is 4. The van der Waals surface area contributed by atoms with Gasteiger partial charge in [-0.05, 0) is 133 Å². The van der Waals surface area contributed by atoms with Crippen molar-refractivity contribution in [2.24, 2.45) is 5.73 Å². The molecule has 3 radical (unpaired) electrons. The second-order valence-electron chi connectivity index (χ2n) is 30.4. The number of hydrogen-bond donors (Lipinski definition) is 6. The number of amides is 8. The molecule has 115 heavy (non-hydrogen) atoms. The first-order chi connectivity index (χ1) is 51.5. The monoisotopic (exact) mass is 1710 g/mol. The molecule has 0 unspecified atom stereocenters. The van der Waals surface area contributed by atoms with Crippen molar-refractivity contribution >= 4 is 118 Å². The summed E-state index contributed by atoms with van der Waals surface area (Å²) in [6, 6.07) is 9.14. The number of urea groups is 2. The van der Waals surface area contributed by atoms with Gasteiger partial charge in [-0.15, -0.1) is 18.0 Å². The molecule has 6 saturated heterocycles. The first kappa shape index (κ1) is 118. The average Bonchev–Trinajstić information content (AvgIpc) is 1.42. The number of ether oxygens (including phenoxy) is 4. The number of nitrogens with two attached hydrogens (primary N) is 1. The third-order valence-corrected chi connectivity index (χ3v) is 15.6. The summed E-state index contributed by atoms with van der Waals surface area (Å²) < 4.78 is 25.0. The van der Waals surface area contributed by atoms with Gasteiger partial charge in [0.05, 0.1) is 18.6 Å². The molecule has 1 aromatic carbocycles. The number of benzene rings is 1. The van der Waals surface area contributed by atoms with Crippen molar-refractivity contribution in [2.45, 2.75) is 228 Å². The predicted octanol–water partition coefficient (Wildman–Crippen LogP) is -0.0570. The second kappa shape index (κ2) is 61.3. The molecule has 6 heterocycles. The van der Waals surface area contributed by atoms with Crippen LogP contribution in [-0.2, 0) is 78.3 Å². The normalized spacial score (nSPS) is 17.3. The van der Waals surface area contributed by atoms with E-state index in [-0.39, 0.29) is 189 Å². The van der Waals surface area contributed by atoms with Crippen molar-refractivity contribution in [3.05, 3.63) is 35.9 Å². The maximum absolute atomic E-state index is 12.3. The summed E-state index contributed by atoms with van der Waals surface area (Å²) in [7, 11) is 6.36. The van der Waals surface area contributed by atoms with Crippen LogP contribution in [0.25, 0.3) is 0 Å². The van der Waals surface area contributed by atoms with E-state index in [2.05, 4.69) is 32.7 Å². The maximum Gasteiger partial charge on any atom is 1.00 e. The summed E-state index contributed by atoms with van der Waals surface area (Å²) in [5.74, 6) is -4.93. The molecule has 647 valence electrons. The molecule has 8 amide bonds. The largest absolute Gasteiger partial charge is 1.00 e. The Hall–Kier alpha value is -6.02. The van der Waals surface area contributed by atoms with Crippen molar-refractivity contribution in [2.75, 3.05) is 118 Å². The molecule has 1 aromatic rings. The zero-order chi connectivity index (χ0) is 85.0. The summed E-state index contributed by atoms with van der Waals surface area (Å²) in [5.41, 5.74) is 3.50. The molecule has 0 aliphatic carbocycles. The molecular weight excluding hydrogens is 1590 g/mol. The first-order valence-corrected chi connectivity index (χ1v) is 36.9. The van der Waals surface area contributed by atoms with E-state index in [0.717, 1.165) is 58.4 Å². The zero-order valence-electron chi connectivity index (χ0n) is 70.6. The minimum Gasteiger partial charge on any atom is -0.850 e. The van der Waals surface area contributed by atoms with E-state index in [1.165, 1.54) is 23.1 Å². The van der Waals surface area contributed by atoms with Crippen molar-refractivity contribution in [1.29, 1.82) is 0 Å². The standard InChI is InChI=1S/C18H24N2O5.C15H25N3O5.C15H29N3O4.C11H18N2O3.C4H9NO2.C4H6O4.C4H9O.C2H3BO2.ClH.K.Na.H2S/c1-18(2,3)25-16(22)19-9-10-20(15(11-19)12-21)17(23)24-13-14-7-5-4-6-8-14;1-15(2,3)23-14(22)17-7-8-18-11(10-17)9-16(13(18)21)6-4-5-12(19)20;1-15(2,3)22-14(21)18-9-8-17(4)12(11-18)10-16-7-5-6-13(19)20;14-10(15)5-3-6-12-8-9-4-1-2-7-13(9)11(12)16;5-3-1-2-4(6)7;1-3(5)7-8-4(2)6;1-4(2,3)5;1-2(4)5-3;;;;/h4-8,12,15H,9-11,13H2,1-3H3;11H,4-10H2,1-3H3,(H,19,20);12,16H,5-11H2,1-4H3,(H,19,20);9H,1-8H2,(H,14,15);1-3,5H2,(H,6,7);1-2H3;1-3H3;1H3;1H;;;1H2/q;;;;;;2*-1;;2*+1;/t15-;11-;12-;9-;;;;;;;;/m0110......../s1. The van der Waals surface area contributed by atoms with Crippen molar-refractivity contribution in [3.63, 3.8) is 0 Å². The van der Waals surface area contributed by atoms with Crippen LogP contribution < -0.4 is 97.1 Å². The molecule has 4 atom stereocenters. The number of carboxylic acids is 4. The molecule has 6 fully saturated rings. The summed E-state index contributed by atoms with van der Waals surface area (Å²) in [6.07, 6.45) is 5.15. The first-order valence-electron chi connectivity index (χ1n) is 36.9. The van der Waals surface area contributed by atoms with Gasteiger partial charge in [-0.25, -0.2) is 48.1 Å². The van der Waals surface area contributed by atoms with Gasteiger partial charge < -0.3 is 107 Å². The van der Waals surface area contributed by atoms with Crippen LogP contribution in [-0.4, -0.2) is 322 Å². The number of halogens is 1. The molecular formula is C73H126BClKN11NaO26S. The van der Waals surface area contributed by atoms with E-state index in [0.29, 0.717) is 110 Å². The molecule has 0 aromatic heterocycles. The molecule has 0 saturated carbocycles. The summed E-state index contributed by atoms with van der Waals surface area (Å²) in [6.45, 7) is 34.1. The van der Waals surface area contributed by atoms with Crippen LogP contribution in [0.1, 0.15) is 180 Å². The minimum absolute atomic E-state index is 0. The van der Waals surface area contributed by atoms with Crippen LogP contribution in [0.4, 0.5) is 28.8 Å². The fraction of sp³-hybridized carbons (Fsp3) is 0.726. The SMILES string of the molecule is CC(=O)OOC(C)=O.CC(C)(C)OC(=O)N1CCN(C(=O)OCc2ccccc2)[C@H](C=O)C1.CC(C)(C)OC(=O)N1CCN2C(=O)N(CCCC(=O)O)C[C@@H]2C1.CC(C)(C)[O-].CN1CCN(C(=O)OC(C)(C)C)C[C@H]1CNCCCC(=O)O.Cl.NCCCC(=O)O.O=C(O)CCCN1C[C@@H]2CCCCN2C1=O.S.[B-]OC(C)=O.[K+].[Na+]. The van der Waals surface area contributed by atoms with Crippen LogP contribution in [0.5, 0.6) is 0 Å². The van der Waals surface area contributed by atoms with Crippen LogP contribution in [0.3, 0.4) is 0 Å².